The van der Waals surface area contributed by atoms with E-state index in [9.17, 15) is 0 Å². The Bertz CT molecular complexity index is 901. The molecule has 2 atom stereocenters. The van der Waals surface area contributed by atoms with Gasteiger partial charge < -0.3 is 4.90 Å². The maximum Gasteiger partial charge on any atom is 0.0805 e. The lowest BCUT2D eigenvalue weighted by Gasteiger charge is -2.33. The van der Waals surface area contributed by atoms with Crippen molar-refractivity contribution in [1.29, 1.82) is 0 Å². The van der Waals surface area contributed by atoms with E-state index in [2.05, 4.69) is 79.4 Å². The molecular formula is C26H28ClN. The summed E-state index contributed by atoms with van der Waals surface area (Å²) < 4.78 is 0. The lowest BCUT2D eigenvalue weighted by Crippen LogP contribution is -2.32. The number of halogens is 1. The highest BCUT2D eigenvalue weighted by Crippen LogP contribution is 2.49. The SMILES string of the molecule is CC(C)=C1/C2=C/CC/C=C\CCC2N(c2ccccc2)C1c1ccc(Cl)cc1. The van der Waals surface area contributed by atoms with E-state index in [-0.39, 0.29) is 6.04 Å². The van der Waals surface area contributed by atoms with Gasteiger partial charge >= 0.3 is 0 Å². The summed E-state index contributed by atoms with van der Waals surface area (Å²) in [6, 6.07) is 19.9. The lowest BCUT2D eigenvalue weighted by atomic mass is 9.90. The average molecular weight is 390 g/mol. The summed E-state index contributed by atoms with van der Waals surface area (Å²) in [7, 11) is 0. The molecule has 0 N–H and O–H groups in total. The number of hydrogen-bond donors (Lipinski definition) is 0. The molecule has 2 aromatic rings. The highest BCUT2D eigenvalue weighted by Gasteiger charge is 2.41. The average Bonchev–Trinajstić information content (AvgIpc) is 3.07. The van der Waals surface area contributed by atoms with Gasteiger partial charge in [-0.15, -0.1) is 0 Å². The first-order valence-electron chi connectivity index (χ1n) is 10.3. The van der Waals surface area contributed by atoms with Crippen LogP contribution in [0.3, 0.4) is 0 Å². The third-order valence-corrected chi connectivity index (χ3v) is 6.06. The number of rotatable bonds is 2. The first-order chi connectivity index (χ1) is 13.7. The summed E-state index contributed by atoms with van der Waals surface area (Å²) in [4.78, 5) is 2.64. The van der Waals surface area contributed by atoms with Crippen LogP contribution in [-0.4, -0.2) is 6.04 Å². The van der Waals surface area contributed by atoms with Crippen molar-refractivity contribution in [3.8, 4) is 0 Å². The zero-order chi connectivity index (χ0) is 19.5. The van der Waals surface area contributed by atoms with E-state index in [1.54, 1.807) is 0 Å². The molecule has 2 aromatic carbocycles. The minimum Gasteiger partial charge on any atom is -0.353 e. The zero-order valence-electron chi connectivity index (χ0n) is 16.7. The van der Waals surface area contributed by atoms with Crippen molar-refractivity contribution in [3.05, 3.63) is 100 Å². The predicted molar refractivity (Wildman–Crippen MR) is 121 cm³/mol. The number of allylic oxidation sites excluding steroid dienone is 4. The van der Waals surface area contributed by atoms with Crippen molar-refractivity contribution >= 4 is 17.3 Å². The van der Waals surface area contributed by atoms with Crippen LogP contribution in [0.25, 0.3) is 0 Å². The molecule has 1 saturated heterocycles. The van der Waals surface area contributed by atoms with Crippen LogP contribution in [0.15, 0.2) is 89.5 Å². The van der Waals surface area contributed by atoms with Gasteiger partial charge in [-0.25, -0.2) is 0 Å². The molecule has 0 aromatic heterocycles. The number of anilines is 1. The van der Waals surface area contributed by atoms with E-state index >= 15 is 0 Å². The molecular weight excluding hydrogens is 362 g/mol. The number of hydrogen-bond acceptors (Lipinski definition) is 1. The van der Waals surface area contributed by atoms with Crippen LogP contribution in [0.2, 0.25) is 5.02 Å². The highest BCUT2D eigenvalue weighted by atomic mass is 35.5. The van der Waals surface area contributed by atoms with E-state index in [4.69, 9.17) is 11.6 Å². The van der Waals surface area contributed by atoms with Crippen molar-refractivity contribution < 1.29 is 0 Å². The first-order valence-corrected chi connectivity index (χ1v) is 10.7. The van der Waals surface area contributed by atoms with Crippen LogP contribution in [0, 0.1) is 0 Å². The number of para-hydroxylation sites is 1. The minimum atomic E-state index is 0.226. The Hall–Kier alpha value is -2.25. The quantitative estimate of drug-likeness (QED) is 0.476. The van der Waals surface area contributed by atoms with Crippen LogP contribution in [0.1, 0.15) is 51.1 Å². The van der Waals surface area contributed by atoms with E-state index < -0.39 is 0 Å². The first kappa shape index (κ1) is 19.1. The van der Waals surface area contributed by atoms with Gasteiger partial charge in [-0.1, -0.05) is 65.7 Å². The molecule has 144 valence electrons. The smallest absolute Gasteiger partial charge is 0.0805 e. The summed E-state index contributed by atoms with van der Waals surface area (Å²) in [5.41, 5.74) is 7.01. The molecule has 2 heteroatoms. The molecule has 1 aliphatic carbocycles. The van der Waals surface area contributed by atoms with Gasteiger partial charge in [0.2, 0.25) is 0 Å². The van der Waals surface area contributed by atoms with Crippen LogP contribution < -0.4 is 4.90 Å². The zero-order valence-corrected chi connectivity index (χ0v) is 17.5. The number of benzene rings is 2. The van der Waals surface area contributed by atoms with Gasteiger partial charge in [-0.3, -0.25) is 0 Å². The van der Waals surface area contributed by atoms with Crippen LogP contribution in [0.5, 0.6) is 0 Å². The van der Waals surface area contributed by atoms with E-state index in [1.807, 2.05) is 12.1 Å². The van der Waals surface area contributed by atoms with Crippen molar-refractivity contribution in [1.82, 2.24) is 0 Å². The molecule has 2 aliphatic rings. The standard InChI is InChI=1S/C26H28ClN/c1-19(2)25-23-13-9-4-3-5-10-14-24(23)28(22-11-7-6-8-12-22)26(25)20-15-17-21(27)18-16-20/h3,5-8,11-13,15-18,24,26H,4,9-10,14H2,1-2H3/b5-3-,23-13+. The fourth-order valence-corrected chi connectivity index (χ4v) is 4.76. The normalized spacial score (nSPS) is 25.2. The fraction of sp³-hybridized carbons (Fsp3) is 0.308. The molecule has 1 fully saturated rings. The largest absolute Gasteiger partial charge is 0.353 e. The Labute approximate surface area is 174 Å². The Kier molecular flexibility index (Phi) is 5.73. The molecule has 0 saturated carbocycles. The molecule has 0 spiro atoms. The van der Waals surface area contributed by atoms with Crippen molar-refractivity contribution in [3.63, 3.8) is 0 Å². The van der Waals surface area contributed by atoms with Gasteiger partial charge in [0.25, 0.3) is 0 Å². The molecule has 1 nitrogen and oxygen atoms in total. The van der Waals surface area contributed by atoms with Crippen LogP contribution >= 0.6 is 11.6 Å². The van der Waals surface area contributed by atoms with E-state index in [1.165, 1.54) is 28.0 Å². The third-order valence-electron chi connectivity index (χ3n) is 5.81. The molecule has 1 aliphatic heterocycles. The van der Waals surface area contributed by atoms with E-state index in [0.717, 1.165) is 30.7 Å². The third kappa shape index (κ3) is 3.69. The molecule has 0 radical (unpaired) electrons. The Morgan fingerprint density at radius 2 is 1.61 bits per heavy atom. The Balaban J connectivity index is 1.91. The van der Waals surface area contributed by atoms with Crippen LogP contribution in [-0.2, 0) is 0 Å². The summed E-state index contributed by atoms with van der Waals surface area (Å²) in [6.07, 6.45) is 11.7. The second kappa shape index (κ2) is 8.41. The minimum absolute atomic E-state index is 0.226. The van der Waals surface area contributed by atoms with E-state index in [0.29, 0.717) is 6.04 Å². The monoisotopic (exact) mass is 389 g/mol. The van der Waals surface area contributed by atoms with Gasteiger partial charge in [-0.05, 0) is 80.5 Å². The van der Waals surface area contributed by atoms with Gasteiger partial charge in [0.1, 0.15) is 0 Å². The van der Waals surface area contributed by atoms with Gasteiger partial charge in [-0.2, -0.15) is 0 Å². The number of fused-ring (bicyclic) bond motifs is 1. The number of nitrogens with zero attached hydrogens (tertiary/aromatic N) is 1. The Morgan fingerprint density at radius 1 is 0.893 bits per heavy atom. The molecule has 1 heterocycles. The summed E-state index contributed by atoms with van der Waals surface area (Å²) in [5, 5.41) is 0.790. The van der Waals surface area contributed by atoms with Gasteiger partial charge in [0.05, 0.1) is 12.1 Å². The fourth-order valence-electron chi connectivity index (χ4n) is 4.64. The maximum absolute atomic E-state index is 6.21. The molecule has 2 unspecified atom stereocenters. The second-order valence-electron chi connectivity index (χ2n) is 7.91. The summed E-state index contributed by atoms with van der Waals surface area (Å²) in [6.45, 7) is 4.52. The topological polar surface area (TPSA) is 3.24 Å². The summed E-state index contributed by atoms with van der Waals surface area (Å²) >= 11 is 6.21. The second-order valence-corrected chi connectivity index (χ2v) is 8.35. The molecule has 4 rings (SSSR count). The highest BCUT2D eigenvalue weighted by molar-refractivity contribution is 6.30. The van der Waals surface area contributed by atoms with Crippen LogP contribution in [0.4, 0.5) is 5.69 Å². The van der Waals surface area contributed by atoms with Gasteiger partial charge in [0.15, 0.2) is 0 Å². The predicted octanol–water partition coefficient (Wildman–Crippen LogP) is 7.66. The Morgan fingerprint density at radius 3 is 2.32 bits per heavy atom. The lowest BCUT2D eigenvalue weighted by molar-refractivity contribution is 0.639. The van der Waals surface area contributed by atoms with Crippen molar-refractivity contribution in [2.45, 2.75) is 51.6 Å². The summed E-state index contributed by atoms with van der Waals surface area (Å²) in [5.74, 6) is 0. The van der Waals surface area contributed by atoms with Crippen molar-refractivity contribution in [2.24, 2.45) is 0 Å². The molecule has 0 amide bonds. The molecule has 0 bridgehead atoms. The van der Waals surface area contributed by atoms with Gasteiger partial charge in [0, 0.05) is 10.7 Å². The maximum atomic E-state index is 6.21. The molecule has 28 heavy (non-hydrogen) atoms. The van der Waals surface area contributed by atoms with Crippen molar-refractivity contribution in [2.75, 3.05) is 4.90 Å².